The van der Waals surface area contributed by atoms with Crippen LogP contribution in [0.3, 0.4) is 0 Å². The molecule has 0 atom stereocenters. The van der Waals surface area contributed by atoms with E-state index >= 15 is 0 Å². The Morgan fingerprint density at radius 1 is 1.37 bits per heavy atom. The second-order valence-electron chi connectivity index (χ2n) is 4.69. The summed E-state index contributed by atoms with van der Waals surface area (Å²) in [5, 5.41) is 2.87. The lowest BCUT2D eigenvalue weighted by atomic mass is 10.2. The van der Waals surface area contributed by atoms with Gasteiger partial charge in [0.05, 0.1) is 6.54 Å². The third kappa shape index (κ3) is 3.19. The molecule has 0 unspecified atom stereocenters. The topological polar surface area (TPSA) is 82.0 Å². The van der Waals surface area contributed by atoms with Crippen LogP contribution in [0.1, 0.15) is 20.8 Å². The minimum Gasteiger partial charge on any atom is -0.383 e. The van der Waals surface area contributed by atoms with Crippen LogP contribution in [0.4, 0.5) is 11.5 Å². The molecule has 0 aliphatic heterocycles. The Morgan fingerprint density at radius 3 is 2.53 bits per heavy atom. The van der Waals surface area contributed by atoms with Crippen molar-refractivity contribution in [1.82, 2.24) is 9.13 Å². The smallest absolute Gasteiger partial charge is 0.332 e. The van der Waals surface area contributed by atoms with E-state index in [4.69, 9.17) is 5.73 Å². The molecule has 0 aromatic carbocycles. The molecule has 0 radical (unpaired) electrons. The lowest BCUT2D eigenvalue weighted by Crippen LogP contribution is -2.41. The highest BCUT2D eigenvalue weighted by atomic mass is 16.2. The Labute approximate surface area is 112 Å². The summed E-state index contributed by atoms with van der Waals surface area (Å²) in [5.41, 5.74) is 5.32. The zero-order valence-corrected chi connectivity index (χ0v) is 11.8. The lowest BCUT2D eigenvalue weighted by Gasteiger charge is -2.16. The van der Waals surface area contributed by atoms with Crippen molar-refractivity contribution in [2.75, 3.05) is 17.6 Å². The quantitative estimate of drug-likeness (QED) is 0.762. The van der Waals surface area contributed by atoms with E-state index in [0.29, 0.717) is 13.1 Å². The fraction of sp³-hybridized carbons (Fsp3) is 0.538. The number of anilines is 2. The molecule has 0 bridgehead atoms. The fourth-order valence-electron chi connectivity index (χ4n) is 1.71. The maximum absolute atomic E-state index is 12.0. The fourth-order valence-corrected chi connectivity index (χ4v) is 1.71. The number of rotatable bonds is 4. The number of nitrogens with two attached hydrogens (primary N) is 1. The minimum atomic E-state index is -0.430. The predicted molar refractivity (Wildman–Crippen MR) is 77.1 cm³/mol. The Balaban J connectivity index is 3.37. The summed E-state index contributed by atoms with van der Waals surface area (Å²) in [6, 6.07) is 0. The van der Waals surface area contributed by atoms with Gasteiger partial charge in [-0.1, -0.05) is 19.8 Å². The van der Waals surface area contributed by atoms with Gasteiger partial charge in [0.25, 0.3) is 5.56 Å². The van der Waals surface area contributed by atoms with Crippen LogP contribution in [0.15, 0.2) is 9.59 Å². The molecule has 1 heterocycles. The summed E-state index contributed by atoms with van der Waals surface area (Å²) < 4.78 is 2.47. The summed E-state index contributed by atoms with van der Waals surface area (Å²) in [6.45, 7) is 6.45. The van der Waals surface area contributed by atoms with Gasteiger partial charge in [-0.2, -0.15) is 0 Å². The second kappa shape index (κ2) is 6.14. The highest BCUT2D eigenvalue weighted by Gasteiger charge is 2.15. The van der Waals surface area contributed by atoms with Crippen molar-refractivity contribution in [2.45, 2.75) is 27.3 Å². The third-order valence-corrected chi connectivity index (χ3v) is 2.66. The maximum atomic E-state index is 12.0. The Hall–Kier alpha value is -2.16. The normalized spacial score (nSPS) is 10.2. The van der Waals surface area contributed by atoms with Gasteiger partial charge in [-0.05, 0) is 12.8 Å². The van der Waals surface area contributed by atoms with Crippen LogP contribution < -0.4 is 22.3 Å². The standard InChI is InChI=1S/C13H20N4O2/c1-5-6-7-15-10-11(14)17(8-9(2)3)13(19)16(4)12(10)18/h9,15H,7-8,14H2,1-4H3. The maximum Gasteiger partial charge on any atom is 0.332 e. The van der Waals surface area contributed by atoms with Gasteiger partial charge in [0.15, 0.2) is 0 Å². The van der Waals surface area contributed by atoms with Crippen molar-refractivity contribution in [3.05, 3.63) is 20.8 Å². The van der Waals surface area contributed by atoms with Gasteiger partial charge in [-0.25, -0.2) is 4.79 Å². The molecule has 3 N–H and O–H groups in total. The van der Waals surface area contributed by atoms with Crippen molar-refractivity contribution in [3.8, 4) is 11.8 Å². The number of nitrogens with one attached hydrogen (secondary N) is 1. The molecule has 0 spiro atoms. The molecule has 0 saturated carbocycles. The van der Waals surface area contributed by atoms with Gasteiger partial charge in [-0.15, -0.1) is 5.92 Å². The van der Waals surface area contributed by atoms with Crippen molar-refractivity contribution >= 4 is 11.5 Å². The number of nitrogens with zero attached hydrogens (tertiary/aromatic N) is 2. The van der Waals surface area contributed by atoms with E-state index in [1.807, 2.05) is 13.8 Å². The number of hydrogen-bond donors (Lipinski definition) is 2. The van der Waals surface area contributed by atoms with E-state index in [9.17, 15) is 9.59 Å². The zero-order chi connectivity index (χ0) is 14.6. The molecular formula is C13H20N4O2. The average molecular weight is 264 g/mol. The molecule has 0 amide bonds. The summed E-state index contributed by atoms with van der Waals surface area (Å²) in [4.78, 5) is 24.0. The van der Waals surface area contributed by atoms with E-state index in [-0.39, 0.29) is 17.4 Å². The van der Waals surface area contributed by atoms with Gasteiger partial charge >= 0.3 is 5.69 Å². The third-order valence-electron chi connectivity index (χ3n) is 2.66. The van der Waals surface area contributed by atoms with Crippen LogP contribution in [0.25, 0.3) is 0 Å². The van der Waals surface area contributed by atoms with Crippen molar-refractivity contribution in [3.63, 3.8) is 0 Å². The summed E-state index contributed by atoms with van der Waals surface area (Å²) in [7, 11) is 1.44. The minimum absolute atomic E-state index is 0.166. The molecule has 0 aliphatic carbocycles. The van der Waals surface area contributed by atoms with E-state index in [1.54, 1.807) is 6.92 Å². The number of aromatic nitrogens is 2. The van der Waals surface area contributed by atoms with Gasteiger partial charge in [0.2, 0.25) is 0 Å². The van der Waals surface area contributed by atoms with Crippen LogP contribution in [0.5, 0.6) is 0 Å². The molecule has 1 rings (SSSR count). The first-order chi connectivity index (χ1) is 8.90. The van der Waals surface area contributed by atoms with Crippen LogP contribution in [-0.2, 0) is 13.6 Å². The summed E-state index contributed by atoms with van der Waals surface area (Å²) in [6.07, 6.45) is 0. The van der Waals surface area contributed by atoms with Gasteiger partial charge in [0.1, 0.15) is 11.5 Å². The molecular weight excluding hydrogens is 244 g/mol. The second-order valence-corrected chi connectivity index (χ2v) is 4.69. The highest BCUT2D eigenvalue weighted by molar-refractivity contribution is 5.61. The van der Waals surface area contributed by atoms with E-state index in [0.717, 1.165) is 4.57 Å². The van der Waals surface area contributed by atoms with Gasteiger partial charge < -0.3 is 11.1 Å². The molecule has 6 nitrogen and oxygen atoms in total. The molecule has 1 aromatic rings. The van der Waals surface area contributed by atoms with E-state index in [1.165, 1.54) is 11.6 Å². The van der Waals surface area contributed by atoms with Crippen molar-refractivity contribution in [1.29, 1.82) is 0 Å². The highest BCUT2D eigenvalue weighted by Crippen LogP contribution is 2.11. The van der Waals surface area contributed by atoms with E-state index < -0.39 is 11.2 Å². The molecule has 1 aromatic heterocycles. The van der Waals surface area contributed by atoms with Gasteiger partial charge in [-0.3, -0.25) is 13.9 Å². The van der Waals surface area contributed by atoms with Crippen LogP contribution in [0.2, 0.25) is 0 Å². The van der Waals surface area contributed by atoms with Crippen LogP contribution >= 0.6 is 0 Å². The monoisotopic (exact) mass is 264 g/mol. The van der Waals surface area contributed by atoms with Gasteiger partial charge in [0, 0.05) is 13.6 Å². The summed E-state index contributed by atoms with van der Waals surface area (Å²) in [5.74, 6) is 5.93. The molecule has 6 heteroatoms. The zero-order valence-electron chi connectivity index (χ0n) is 11.8. The largest absolute Gasteiger partial charge is 0.383 e. The molecule has 19 heavy (non-hydrogen) atoms. The predicted octanol–water partition coefficient (Wildman–Crippen LogP) is 0.220. The number of hydrogen-bond acceptors (Lipinski definition) is 4. The Bertz CT molecular complexity index is 629. The molecule has 104 valence electrons. The average Bonchev–Trinajstić information content (AvgIpc) is 2.36. The number of nitrogen functional groups attached to an aromatic ring is 1. The Kier molecular flexibility index (Phi) is 4.81. The van der Waals surface area contributed by atoms with Crippen molar-refractivity contribution in [2.24, 2.45) is 13.0 Å². The molecule has 0 aliphatic rings. The molecule has 0 fully saturated rings. The summed E-state index contributed by atoms with van der Waals surface area (Å²) >= 11 is 0. The van der Waals surface area contributed by atoms with E-state index in [2.05, 4.69) is 17.2 Å². The molecule has 0 saturated heterocycles. The van der Waals surface area contributed by atoms with Crippen molar-refractivity contribution < 1.29 is 0 Å². The SMILES string of the molecule is CC#CCNc1c(N)n(CC(C)C)c(=O)n(C)c1=O. The first-order valence-electron chi connectivity index (χ1n) is 6.12. The van der Waals surface area contributed by atoms with Crippen LogP contribution in [-0.4, -0.2) is 15.7 Å². The first-order valence-corrected chi connectivity index (χ1v) is 6.12. The first kappa shape index (κ1) is 14.9. The Morgan fingerprint density at radius 2 is 2.00 bits per heavy atom. The lowest BCUT2D eigenvalue weighted by molar-refractivity contribution is 0.494. The van der Waals surface area contributed by atoms with Crippen LogP contribution in [0, 0.1) is 17.8 Å².